The van der Waals surface area contributed by atoms with E-state index in [4.69, 9.17) is 17.3 Å². The maximum absolute atomic E-state index is 13.5. The lowest BCUT2D eigenvalue weighted by atomic mass is 9.97. The molecule has 0 aliphatic rings. The molecule has 106 valence electrons. The summed E-state index contributed by atoms with van der Waals surface area (Å²) in [6, 6.07) is 14.3. The van der Waals surface area contributed by atoms with Crippen molar-refractivity contribution in [3.8, 4) is 0 Å². The van der Waals surface area contributed by atoms with Crippen LogP contribution in [0.4, 0.5) is 4.39 Å². The Morgan fingerprint density at radius 2 is 1.90 bits per heavy atom. The van der Waals surface area contributed by atoms with Crippen molar-refractivity contribution in [1.29, 1.82) is 0 Å². The van der Waals surface area contributed by atoms with E-state index in [1.807, 2.05) is 30.3 Å². The van der Waals surface area contributed by atoms with Crippen LogP contribution in [0.5, 0.6) is 0 Å². The first-order valence-electron chi connectivity index (χ1n) is 6.69. The molecule has 2 aromatic carbocycles. The SMILES string of the molecule is NC(Cc1cccc(F)c1Cl)c1ccnc2ccccc12. The van der Waals surface area contributed by atoms with Crippen LogP contribution in [0.25, 0.3) is 10.9 Å². The van der Waals surface area contributed by atoms with Gasteiger partial charge in [-0.15, -0.1) is 0 Å². The summed E-state index contributed by atoms with van der Waals surface area (Å²) in [5, 5.41) is 1.16. The molecule has 1 unspecified atom stereocenters. The lowest BCUT2D eigenvalue weighted by Gasteiger charge is -2.15. The van der Waals surface area contributed by atoms with E-state index in [-0.39, 0.29) is 11.1 Å². The van der Waals surface area contributed by atoms with Crippen molar-refractivity contribution in [1.82, 2.24) is 4.98 Å². The molecular formula is C17H14ClFN2. The summed E-state index contributed by atoms with van der Waals surface area (Å²) in [7, 11) is 0. The highest BCUT2D eigenvalue weighted by atomic mass is 35.5. The van der Waals surface area contributed by atoms with Gasteiger partial charge in [0.15, 0.2) is 0 Å². The van der Waals surface area contributed by atoms with Gasteiger partial charge in [-0.1, -0.05) is 41.9 Å². The topological polar surface area (TPSA) is 38.9 Å². The van der Waals surface area contributed by atoms with E-state index in [1.165, 1.54) is 6.07 Å². The average Bonchev–Trinajstić information content (AvgIpc) is 2.51. The van der Waals surface area contributed by atoms with E-state index in [1.54, 1.807) is 18.3 Å². The van der Waals surface area contributed by atoms with Crippen molar-refractivity contribution >= 4 is 22.5 Å². The van der Waals surface area contributed by atoms with E-state index in [9.17, 15) is 4.39 Å². The molecule has 2 nitrogen and oxygen atoms in total. The third-order valence-electron chi connectivity index (χ3n) is 3.55. The summed E-state index contributed by atoms with van der Waals surface area (Å²) >= 11 is 6.00. The summed E-state index contributed by atoms with van der Waals surface area (Å²) in [6.07, 6.45) is 2.22. The van der Waals surface area contributed by atoms with Gasteiger partial charge in [0, 0.05) is 17.6 Å². The van der Waals surface area contributed by atoms with Crippen molar-refractivity contribution in [3.63, 3.8) is 0 Å². The first-order valence-corrected chi connectivity index (χ1v) is 7.06. The van der Waals surface area contributed by atoms with Crippen molar-refractivity contribution in [2.75, 3.05) is 0 Å². The van der Waals surface area contributed by atoms with Crippen LogP contribution in [0, 0.1) is 5.82 Å². The van der Waals surface area contributed by atoms with Crippen LogP contribution < -0.4 is 5.73 Å². The van der Waals surface area contributed by atoms with E-state index >= 15 is 0 Å². The number of benzene rings is 2. The third-order valence-corrected chi connectivity index (χ3v) is 3.98. The Morgan fingerprint density at radius 1 is 1.10 bits per heavy atom. The van der Waals surface area contributed by atoms with Crippen LogP contribution in [0.1, 0.15) is 17.2 Å². The van der Waals surface area contributed by atoms with Crippen LogP contribution in [0.15, 0.2) is 54.7 Å². The summed E-state index contributed by atoms with van der Waals surface area (Å²) < 4.78 is 13.5. The molecule has 3 aromatic rings. The molecule has 0 saturated carbocycles. The standard InChI is InChI=1S/C17H14ClFN2/c18-17-11(4-3-6-14(17)19)10-15(20)12-8-9-21-16-7-2-1-5-13(12)16/h1-9,15H,10,20H2. The van der Waals surface area contributed by atoms with Gasteiger partial charge >= 0.3 is 0 Å². The summed E-state index contributed by atoms with van der Waals surface area (Å²) in [4.78, 5) is 4.32. The number of aromatic nitrogens is 1. The summed E-state index contributed by atoms with van der Waals surface area (Å²) in [6.45, 7) is 0. The van der Waals surface area contributed by atoms with E-state index in [0.717, 1.165) is 16.5 Å². The molecule has 21 heavy (non-hydrogen) atoms. The summed E-state index contributed by atoms with van der Waals surface area (Å²) in [5.41, 5.74) is 8.90. The van der Waals surface area contributed by atoms with Crippen LogP contribution in [0.3, 0.4) is 0 Å². The van der Waals surface area contributed by atoms with Gasteiger partial charge < -0.3 is 5.73 Å². The van der Waals surface area contributed by atoms with Crippen LogP contribution in [-0.4, -0.2) is 4.98 Å². The fourth-order valence-electron chi connectivity index (χ4n) is 2.49. The number of hydrogen-bond donors (Lipinski definition) is 1. The molecule has 1 heterocycles. The van der Waals surface area contributed by atoms with Gasteiger partial charge in [0.2, 0.25) is 0 Å². The maximum atomic E-state index is 13.5. The number of halogens is 2. The Kier molecular flexibility index (Phi) is 3.86. The first kappa shape index (κ1) is 14.0. The number of hydrogen-bond acceptors (Lipinski definition) is 2. The second-order valence-corrected chi connectivity index (χ2v) is 5.32. The Labute approximate surface area is 127 Å². The van der Waals surface area contributed by atoms with Crippen molar-refractivity contribution in [3.05, 3.63) is 76.7 Å². The number of nitrogens with two attached hydrogens (primary N) is 1. The predicted molar refractivity (Wildman–Crippen MR) is 83.8 cm³/mol. The molecule has 4 heteroatoms. The number of para-hydroxylation sites is 1. The molecule has 0 aliphatic heterocycles. The smallest absolute Gasteiger partial charge is 0.142 e. The average molecular weight is 301 g/mol. The Bertz CT molecular complexity index is 783. The fraction of sp³-hybridized carbons (Fsp3) is 0.118. The van der Waals surface area contributed by atoms with Crippen LogP contribution in [-0.2, 0) is 6.42 Å². The molecular weight excluding hydrogens is 287 g/mol. The second-order valence-electron chi connectivity index (χ2n) is 4.94. The third kappa shape index (κ3) is 2.75. The van der Waals surface area contributed by atoms with Crippen molar-refractivity contribution < 1.29 is 4.39 Å². The molecule has 0 aliphatic carbocycles. The fourth-order valence-corrected chi connectivity index (χ4v) is 2.70. The minimum atomic E-state index is -0.416. The zero-order valence-corrected chi connectivity index (χ0v) is 12.0. The minimum Gasteiger partial charge on any atom is -0.324 e. The van der Waals surface area contributed by atoms with E-state index < -0.39 is 5.82 Å². The van der Waals surface area contributed by atoms with Gasteiger partial charge in [0.05, 0.1) is 10.5 Å². The van der Waals surface area contributed by atoms with Crippen molar-refractivity contribution in [2.24, 2.45) is 5.73 Å². The Hall–Kier alpha value is -1.97. The molecule has 0 spiro atoms. The van der Waals surface area contributed by atoms with Gasteiger partial charge in [-0.05, 0) is 35.7 Å². The summed E-state index contributed by atoms with van der Waals surface area (Å²) in [5.74, 6) is -0.416. The zero-order chi connectivity index (χ0) is 14.8. The lowest BCUT2D eigenvalue weighted by molar-refractivity contribution is 0.622. The predicted octanol–water partition coefficient (Wildman–Crippen LogP) is 4.27. The van der Waals surface area contributed by atoms with Gasteiger partial charge in [-0.25, -0.2) is 4.39 Å². The van der Waals surface area contributed by atoms with Crippen molar-refractivity contribution in [2.45, 2.75) is 12.5 Å². The number of nitrogens with zero attached hydrogens (tertiary/aromatic N) is 1. The molecule has 0 amide bonds. The molecule has 0 fully saturated rings. The molecule has 0 radical (unpaired) electrons. The van der Waals surface area contributed by atoms with Crippen LogP contribution >= 0.6 is 11.6 Å². The van der Waals surface area contributed by atoms with Gasteiger partial charge in [-0.2, -0.15) is 0 Å². The highest BCUT2D eigenvalue weighted by molar-refractivity contribution is 6.31. The molecule has 2 N–H and O–H groups in total. The molecule has 1 aromatic heterocycles. The molecule has 3 rings (SSSR count). The van der Waals surface area contributed by atoms with E-state index in [2.05, 4.69) is 4.98 Å². The zero-order valence-electron chi connectivity index (χ0n) is 11.3. The second kappa shape index (κ2) is 5.80. The largest absolute Gasteiger partial charge is 0.324 e. The highest BCUT2D eigenvalue weighted by Gasteiger charge is 2.14. The quantitative estimate of drug-likeness (QED) is 0.784. The highest BCUT2D eigenvalue weighted by Crippen LogP contribution is 2.27. The monoisotopic (exact) mass is 300 g/mol. The maximum Gasteiger partial charge on any atom is 0.142 e. The molecule has 0 bridgehead atoms. The van der Waals surface area contributed by atoms with Gasteiger partial charge in [0.25, 0.3) is 0 Å². The number of pyridine rings is 1. The first-order chi connectivity index (χ1) is 10.2. The van der Waals surface area contributed by atoms with Gasteiger partial charge in [-0.3, -0.25) is 4.98 Å². The normalized spacial score (nSPS) is 12.5. The van der Waals surface area contributed by atoms with Gasteiger partial charge in [0.1, 0.15) is 5.82 Å². The van der Waals surface area contributed by atoms with Crippen LogP contribution in [0.2, 0.25) is 5.02 Å². The number of fused-ring (bicyclic) bond motifs is 1. The molecule has 1 atom stereocenters. The molecule has 0 saturated heterocycles. The lowest BCUT2D eigenvalue weighted by Crippen LogP contribution is -2.14. The number of rotatable bonds is 3. The minimum absolute atomic E-state index is 0.145. The Balaban J connectivity index is 1.97. The van der Waals surface area contributed by atoms with E-state index in [0.29, 0.717) is 12.0 Å². The Morgan fingerprint density at radius 3 is 2.76 bits per heavy atom.